The lowest BCUT2D eigenvalue weighted by Gasteiger charge is -2.39. The van der Waals surface area contributed by atoms with E-state index in [1.807, 2.05) is 0 Å². The molecule has 0 spiro atoms. The summed E-state index contributed by atoms with van der Waals surface area (Å²) in [7, 11) is 0. The highest BCUT2D eigenvalue weighted by Gasteiger charge is 2.28. The molecule has 108 valence electrons. The average Bonchev–Trinajstić information content (AvgIpc) is 2.33. The van der Waals surface area contributed by atoms with Crippen LogP contribution in [0.1, 0.15) is 53.4 Å². The van der Waals surface area contributed by atoms with Gasteiger partial charge in [-0.15, -0.1) is 0 Å². The van der Waals surface area contributed by atoms with Gasteiger partial charge >= 0.3 is 0 Å². The summed E-state index contributed by atoms with van der Waals surface area (Å²) < 4.78 is 0.388. The first-order valence-electron chi connectivity index (χ1n) is 7.56. The summed E-state index contributed by atoms with van der Waals surface area (Å²) in [6.45, 7) is 12.5. The lowest BCUT2D eigenvalue weighted by molar-refractivity contribution is 0.119. The fourth-order valence-electron chi connectivity index (χ4n) is 2.97. The van der Waals surface area contributed by atoms with E-state index < -0.39 is 0 Å². The molecule has 0 radical (unpaired) electrons. The van der Waals surface area contributed by atoms with E-state index in [0.29, 0.717) is 4.75 Å². The van der Waals surface area contributed by atoms with Crippen LogP contribution in [0.3, 0.4) is 0 Å². The average molecular weight is 273 g/mol. The highest BCUT2D eigenvalue weighted by atomic mass is 32.2. The van der Waals surface area contributed by atoms with Gasteiger partial charge in [0.05, 0.1) is 0 Å². The van der Waals surface area contributed by atoms with Gasteiger partial charge in [-0.05, 0) is 31.8 Å². The molecule has 2 unspecified atom stereocenters. The topological polar surface area (TPSA) is 29.3 Å². The van der Waals surface area contributed by atoms with Gasteiger partial charge in [0.1, 0.15) is 0 Å². The van der Waals surface area contributed by atoms with Crippen LogP contribution in [0.4, 0.5) is 0 Å². The molecule has 0 bridgehead atoms. The van der Waals surface area contributed by atoms with Crippen LogP contribution >= 0.6 is 11.8 Å². The molecule has 1 aliphatic rings. The fraction of sp³-hybridized carbons (Fsp3) is 1.00. The molecule has 1 fully saturated rings. The number of hydrogen-bond acceptors (Lipinski definition) is 3. The third-order valence-electron chi connectivity index (χ3n) is 3.96. The molecule has 0 aromatic heterocycles. The first-order valence-corrected chi connectivity index (χ1v) is 8.54. The molecule has 0 aromatic carbocycles. The van der Waals surface area contributed by atoms with E-state index in [1.54, 1.807) is 0 Å². The van der Waals surface area contributed by atoms with E-state index in [0.717, 1.165) is 18.5 Å². The van der Waals surface area contributed by atoms with E-state index in [1.165, 1.54) is 44.5 Å². The van der Waals surface area contributed by atoms with Gasteiger partial charge in [-0.1, -0.05) is 40.5 Å². The standard InChI is InChI=1S/C15H32N2S/c1-5-17(10-11-18-15(2,3)4)14-9-7-6-8-13(14)12-16/h13-14H,5-12,16H2,1-4H3. The van der Waals surface area contributed by atoms with E-state index in [-0.39, 0.29) is 0 Å². The minimum absolute atomic E-state index is 0.388. The zero-order chi connectivity index (χ0) is 13.6. The maximum atomic E-state index is 5.95. The molecule has 18 heavy (non-hydrogen) atoms. The molecule has 0 aliphatic heterocycles. The summed E-state index contributed by atoms with van der Waals surface area (Å²) in [5.74, 6) is 1.98. The monoisotopic (exact) mass is 272 g/mol. The van der Waals surface area contributed by atoms with Gasteiger partial charge in [-0.25, -0.2) is 0 Å². The highest BCUT2D eigenvalue weighted by molar-refractivity contribution is 8.00. The lowest BCUT2D eigenvalue weighted by Crippen LogP contribution is -2.46. The van der Waals surface area contributed by atoms with Crippen molar-refractivity contribution in [2.45, 2.75) is 64.2 Å². The number of hydrogen-bond donors (Lipinski definition) is 1. The molecule has 2 N–H and O–H groups in total. The van der Waals surface area contributed by atoms with Gasteiger partial charge in [0.25, 0.3) is 0 Å². The Bertz CT molecular complexity index is 225. The van der Waals surface area contributed by atoms with Crippen LogP contribution in [0.15, 0.2) is 0 Å². The quantitative estimate of drug-likeness (QED) is 0.804. The predicted octanol–water partition coefficient (Wildman–Crippen LogP) is 3.36. The van der Waals surface area contributed by atoms with Gasteiger partial charge in [0.2, 0.25) is 0 Å². The van der Waals surface area contributed by atoms with Crippen LogP contribution in [-0.4, -0.2) is 41.1 Å². The minimum atomic E-state index is 0.388. The number of nitrogens with two attached hydrogens (primary N) is 1. The summed E-state index contributed by atoms with van der Waals surface area (Å²) in [6, 6.07) is 0.745. The second kappa shape index (κ2) is 7.76. The Kier molecular flexibility index (Phi) is 7.04. The summed E-state index contributed by atoms with van der Waals surface area (Å²) in [4.78, 5) is 2.68. The van der Waals surface area contributed by atoms with Crippen molar-refractivity contribution < 1.29 is 0 Å². The van der Waals surface area contributed by atoms with Crippen LogP contribution in [0.2, 0.25) is 0 Å². The number of nitrogens with zero attached hydrogens (tertiary/aromatic N) is 1. The van der Waals surface area contributed by atoms with Gasteiger partial charge in [-0.3, -0.25) is 4.90 Å². The van der Waals surface area contributed by atoms with Crippen LogP contribution in [-0.2, 0) is 0 Å². The Balaban J connectivity index is 2.43. The van der Waals surface area contributed by atoms with Crippen molar-refractivity contribution in [1.29, 1.82) is 0 Å². The van der Waals surface area contributed by atoms with Crippen molar-refractivity contribution >= 4 is 11.8 Å². The molecule has 0 saturated heterocycles. The van der Waals surface area contributed by atoms with E-state index in [4.69, 9.17) is 5.73 Å². The van der Waals surface area contributed by atoms with Gasteiger partial charge < -0.3 is 5.73 Å². The Morgan fingerprint density at radius 1 is 1.22 bits per heavy atom. The normalized spacial score (nSPS) is 25.7. The lowest BCUT2D eigenvalue weighted by atomic mass is 9.83. The Hall–Kier alpha value is 0.270. The molecule has 0 heterocycles. The predicted molar refractivity (Wildman–Crippen MR) is 84.3 cm³/mol. The molecule has 0 amide bonds. The van der Waals surface area contributed by atoms with E-state index in [9.17, 15) is 0 Å². The summed E-state index contributed by atoms with van der Waals surface area (Å²) in [5, 5.41) is 0. The third kappa shape index (κ3) is 5.50. The second-order valence-electron chi connectivity index (χ2n) is 6.44. The van der Waals surface area contributed by atoms with E-state index in [2.05, 4.69) is 44.4 Å². The third-order valence-corrected chi connectivity index (χ3v) is 5.21. The molecular formula is C15H32N2S. The molecular weight excluding hydrogens is 240 g/mol. The van der Waals surface area contributed by atoms with Gasteiger partial charge in [-0.2, -0.15) is 11.8 Å². The smallest absolute Gasteiger partial charge is 0.0136 e. The fourth-order valence-corrected chi connectivity index (χ4v) is 3.91. The van der Waals surface area contributed by atoms with Crippen LogP contribution < -0.4 is 5.73 Å². The van der Waals surface area contributed by atoms with Crippen molar-refractivity contribution in [2.75, 3.05) is 25.4 Å². The molecule has 1 aliphatic carbocycles. The van der Waals surface area contributed by atoms with Crippen molar-refractivity contribution in [3.05, 3.63) is 0 Å². The van der Waals surface area contributed by atoms with Crippen LogP contribution in [0, 0.1) is 5.92 Å². The maximum absolute atomic E-state index is 5.95. The Morgan fingerprint density at radius 2 is 1.89 bits per heavy atom. The Morgan fingerprint density at radius 3 is 2.44 bits per heavy atom. The van der Waals surface area contributed by atoms with E-state index >= 15 is 0 Å². The van der Waals surface area contributed by atoms with Crippen molar-refractivity contribution in [3.63, 3.8) is 0 Å². The molecule has 1 saturated carbocycles. The van der Waals surface area contributed by atoms with Crippen LogP contribution in [0.5, 0.6) is 0 Å². The zero-order valence-electron chi connectivity index (χ0n) is 12.7. The second-order valence-corrected chi connectivity index (χ2v) is 8.36. The zero-order valence-corrected chi connectivity index (χ0v) is 13.6. The molecule has 0 aromatic rings. The van der Waals surface area contributed by atoms with Crippen molar-refractivity contribution in [1.82, 2.24) is 4.90 Å². The van der Waals surface area contributed by atoms with Crippen molar-refractivity contribution in [3.8, 4) is 0 Å². The summed E-state index contributed by atoms with van der Waals surface area (Å²) >= 11 is 2.08. The van der Waals surface area contributed by atoms with Crippen molar-refractivity contribution in [2.24, 2.45) is 11.7 Å². The van der Waals surface area contributed by atoms with Gasteiger partial charge in [0.15, 0.2) is 0 Å². The maximum Gasteiger partial charge on any atom is 0.0136 e. The molecule has 2 nitrogen and oxygen atoms in total. The molecule has 1 rings (SSSR count). The summed E-state index contributed by atoms with van der Waals surface area (Å²) in [5.41, 5.74) is 5.95. The largest absolute Gasteiger partial charge is 0.330 e. The van der Waals surface area contributed by atoms with Crippen LogP contribution in [0.25, 0.3) is 0 Å². The minimum Gasteiger partial charge on any atom is -0.330 e. The Labute approximate surface area is 118 Å². The summed E-state index contributed by atoms with van der Waals surface area (Å²) in [6.07, 6.45) is 5.47. The first kappa shape index (κ1) is 16.3. The molecule has 2 atom stereocenters. The number of rotatable bonds is 6. The first-order chi connectivity index (χ1) is 8.48. The molecule has 3 heteroatoms. The van der Waals surface area contributed by atoms with Gasteiger partial charge in [0, 0.05) is 23.1 Å². The highest BCUT2D eigenvalue weighted by Crippen LogP contribution is 2.29. The SMILES string of the molecule is CCN(CCSC(C)(C)C)C1CCCCC1CN. The number of thioether (sulfide) groups is 1.